The minimum atomic E-state index is -0.785. The van der Waals surface area contributed by atoms with E-state index in [1.165, 1.54) is 4.57 Å². The Morgan fingerprint density at radius 1 is 1.10 bits per heavy atom. The smallest absolute Gasteiger partial charge is 0.332 e. The van der Waals surface area contributed by atoms with Crippen molar-refractivity contribution in [3.05, 3.63) is 63.7 Å². The fourth-order valence-electron chi connectivity index (χ4n) is 3.16. The van der Waals surface area contributed by atoms with E-state index in [0.29, 0.717) is 27.8 Å². The van der Waals surface area contributed by atoms with Crippen LogP contribution in [0.25, 0.3) is 28.2 Å². The van der Waals surface area contributed by atoms with Crippen LogP contribution in [0.2, 0.25) is 5.02 Å². The molecule has 29 heavy (non-hydrogen) atoms. The number of benzene rings is 2. The first-order valence-corrected chi connectivity index (χ1v) is 8.87. The zero-order valence-corrected chi connectivity index (χ0v) is 15.4. The Hall–Kier alpha value is -3.85. The van der Waals surface area contributed by atoms with Crippen LogP contribution in [0.5, 0.6) is 11.5 Å². The molecule has 2 aromatic heterocycles. The summed E-state index contributed by atoms with van der Waals surface area (Å²) in [6.07, 6.45) is 0. The average Bonchev–Trinajstić information content (AvgIpc) is 3.30. The number of halogens is 1. The first kappa shape index (κ1) is 17.3. The lowest BCUT2D eigenvalue weighted by atomic mass is 10.2. The third-order valence-electron chi connectivity index (χ3n) is 4.49. The molecule has 2 aromatic carbocycles. The predicted molar refractivity (Wildman–Crippen MR) is 105 cm³/mol. The van der Waals surface area contributed by atoms with Crippen molar-refractivity contribution in [3.8, 4) is 28.6 Å². The van der Waals surface area contributed by atoms with Crippen molar-refractivity contribution in [3.63, 3.8) is 0 Å². The number of carbonyl (C=O) groups is 1. The summed E-state index contributed by atoms with van der Waals surface area (Å²) in [6.45, 7) is 0.107. The summed E-state index contributed by atoms with van der Waals surface area (Å²) in [5.41, 5.74) is 6.39. The molecule has 0 atom stereocenters. The van der Waals surface area contributed by atoms with E-state index in [9.17, 15) is 9.59 Å². The number of fused-ring (bicyclic) bond motifs is 2. The molecule has 1 amide bonds. The normalized spacial score (nSPS) is 12.4. The molecule has 1 aliphatic heterocycles. The molecular weight excluding hydrogens is 398 g/mol. The fourth-order valence-corrected chi connectivity index (χ4v) is 3.28. The number of carbonyl (C=O) groups excluding carboxylic acids is 1. The molecule has 0 saturated carbocycles. The lowest BCUT2D eigenvalue weighted by molar-refractivity contribution is 0.0997. The van der Waals surface area contributed by atoms with Gasteiger partial charge in [-0.2, -0.15) is 0 Å². The number of rotatable bonds is 3. The number of ether oxygens (including phenoxy) is 2. The molecule has 0 spiro atoms. The van der Waals surface area contributed by atoms with E-state index < -0.39 is 11.6 Å². The highest BCUT2D eigenvalue weighted by atomic mass is 35.5. The van der Waals surface area contributed by atoms with Gasteiger partial charge in [-0.05, 0) is 36.4 Å². The van der Waals surface area contributed by atoms with E-state index in [0.717, 1.165) is 0 Å². The van der Waals surface area contributed by atoms with Gasteiger partial charge in [0.1, 0.15) is 5.52 Å². The standard InChI is InChI=1S/C19H12ClN5O4/c20-10-3-1-9(2-4-10)17-22-14(16(21)26)15-18(24-17)25(19(27)23-15)11-5-6-12-13(7-11)29-8-28-12/h1-7H,8H2,(H2,21,26)(H,23,27). The summed E-state index contributed by atoms with van der Waals surface area (Å²) < 4.78 is 12.0. The van der Waals surface area contributed by atoms with E-state index in [2.05, 4.69) is 15.0 Å². The van der Waals surface area contributed by atoms with Gasteiger partial charge in [0.15, 0.2) is 28.7 Å². The predicted octanol–water partition coefficient (Wildman–Crippen LogP) is 2.26. The number of hydrogen-bond acceptors (Lipinski definition) is 6. The molecule has 4 aromatic rings. The first-order chi connectivity index (χ1) is 14.0. The number of nitrogens with one attached hydrogen (secondary N) is 1. The van der Waals surface area contributed by atoms with Gasteiger partial charge in [0.05, 0.1) is 5.69 Å². The lowest BCUT2D eigenvalue weighted by Gasteiger charge is -2.07. The Morgan fingerprint density at radius 3 is 2.62 bits per heavy atom. The molecule has 0 bridgehead atoms. The van der Waals surface area contributed by atoms with Crippen molar-refractivity contribution in [1.29, 1.82) is 0 Å². The summed E-state index contributed by atoms with van der Waals surface area (Å²) in [5, 5.41) is 0.545. The highest BCUT2D eigenvalue weighted by Crippen LogP contribution is 2.34. The second kappa shape index (κ2) is 6.35. The monoisotopic (exact) mass is 409 g/mol. The Balaban J connectivity index is 1.79. The molecule has 3 N–H and O–H groups in total. The van der Waals surface area contributed by atoms with Crippen molar-refractivity contribution in [1.82, 2.24) is 19.5 Å². The number of imidazole rings is 1. The highest BCUT2D eigenvalue weighted by molar-refractivity contribution is 6.30. The van der Waals surface area contributed by atoms with Gasteiger partial charge in [0.25, 0.3) is 5.91 Å². The van der Waals surface area contributed by atoms with E-state index in [1.54, 1.807) is 42.5 Å². The minimum Gasteiger partial charge on any atom is -0.454 e. The third-order valence-corrected chi connectivity index (χ3v) is 4.74. The van der Waals surface area contributed by atoms with Crippen molar-refractivity contribution >= 4 is 28.7 Å². The zero-order chi connectivity index (χ0) is 20.1. The Bertz CT molecular complexity index is 1340. The van der Waals surface area contributed by atoms with Crippen molar-refractivity contribution < 1.29 is 14.3 Å². The quantitative estimate of drug-likeness (QED) is 0.534. The SMILES string of the molecule is NC(=O)c1nc(-c2ccc(Cl)cc2)nc2c1[nH]c(=O)n2-c1ccc2c(c1)OCO2. The number of amides is 1. The molecule has 10 heteroatoms. The molecule has 0 saturated heterocycles. The summed E-state index contributed by atoms with van der Waals surface area (Å²) in [6, 6.07) is 11.8. The van der Waals surface area contributed by atoms with E-state index in [4.69, 9.17) is 26.8 Å². The number of primary amides is 1. The van der Waals surface area contributed by atoms with Crippen LogP contribution < -0.4 is 20.9 Å². The molecular formula is C19H12ClN5O4. The Morgan fingerprint density at radius 2 is 1.86 bits per heavy atom. The topological polar surface area (TPSA) is 125 Å². The van der Waals surface area contributed by atoms with Gasteiger partial charge >= 0.3 is 5.69 Å². The van der Waals surface area contributed by atoms with Crippen LogP contribution in [0.4, 0.5) is 0 Å². The molecule has 9 nitrogen and oxygen atoms in total. The molecule has 0 unspecified atom stereocenters. The Labute approximate surface area is 167 Å². The summed E-state index contributed by atoms with van der Waals surface area (Å²) >= 11 is 5.94. The van der Waals surface area contributed by atoms with Gasteiger partial charge in [-0.3, -0.25) is 4.79 Å². The van der Waals surface area contributed by atoms with E-state index in [-0.39, 0.29) is 29.5 Å². The molecule has 5 rings (SSSR count). The molecule has 1 aliphatic rings. The highest BCUT2D eigenvalue weighted by Gasteiger charge is 2.22. The fraction of sp³-hybridized carbons (Fsp3) is 0.0526. The second-order valence-corrected chi connectivity index (χ2v) is 6.71. The van der Waals surface area contributed by atoms with Crippen LogP contribution in [0.15, 0.2) is 47.3 Å². The number of aromatic nitrogens is 4. The number of aromatic amines is 1. The molecule has 0 aliphatic carbocycles. The molecule has 144 valence electrons. The lowest BCUT2D eigenvalue weighted by Crippen LogP contribution is -2.15. The third kappa shape index (κ3) is 2.79. The van der Waals surface area contributed by atoms with Gasteiger partial charge in [-0.15, -0.1) is 0 Å². The van der Waals surface area contributed by atoms with Crippen LogP contribution in [0.3, 0.4) is 0 Å². The van der Waals surface area contributed by atoms with Crippen molar-refractivity contribution in [2.45, 2.75) is 0 Å². The summed E-state index contributed by atoms with van der Waals surface area (Å²) in [5.74, 6) is 0.532. The van der Waals surface area contributed by atoms with Gasteiger partial charge in [0, 0.05) is 16.7 Å². The molecule has 0 radical (unpaired) electrons. The second-order valence-electron chi connectivity index (χ2n) is 6.27. The van der Waals surface area contributed by atoms with Crippen molar-refractivity contribution in [2.24, 2.45) is 5.73 Å². The number of hydrogen-bond donors (Lipinski definition) is 2. The maximum absolute atomic E-state index is 12.7. The molecule has 3 heterocycles. The van der Waals surface area contributed by atoms with E-state index in [1.807, 2.05) is 0 Å². The van der Waals surface area contributed by atoms with Gasteiger partial charge in [-0.25, -0.2) is 19.3 Å². The largest absolute Gasteiger partial charge is 0.454 e. The minimum absolute atomic E-state index is 0.0865. The maximum atomic E-state index is 12.7. The van der Waals surface area contributed by atoms with Crippen LogP contribution in [0.1, 0.15) is 10.5 Å². The zero-order valence-electron chi connectivity index (χ0n) is 14.7. The summed E-state index contributed by atoms with van der Waals surface area (Å²) in [7, 11) is 0. The number of nitrogens with two attached hydrogens (primary N) is 1. The summed E-state index contributed by atoms with van der Waals surface area (Å²) in [4.78, 5) is 36.1. The number of nitrogens with zero attached hydrogens (tertiary/aromatic N) is 3. The van der Waals surface area contributed by atoms with Crippen LogP contribution >= 0.6 is 11.6 Å². The Kier molecular flexibility index (Phi) is 3.78. The van der Waals surface area contributed by atoms with Crippen molar-refractivity contribution in [2.75, 3.05) is 6.79 Å². The number of H-pyrrole nitrogens is 1. The van der Waals surface area contributed by atoms with Gasteiger partial charge < -0.3 is 20.2 Å². The maximum Gasteiger partial charge on any atom is 0.332 e. The first-order valence-electron chi connectivity index (χ1n) is 8.50. The molecule has 0 fully saturated rings. The van der Waals surface area contributed by atoms with Crippen LogP contribution in [-0.4, -0.2) is 32.2 Å². The average molecular weight is 410 g/mol. The van der Waals surface area contributed by atoms with Gasteiger partial charge in [0.2, 0.25) is 6.79 Å². The van der Waals surface area contributed by atoms with Gasteiger partial charge in [-0.1, -0.05) is 11.6 Å². The van der Waals surface area contributed by atoms with Crippen LogP contribution in [-0.2, 0) is 0 Å². The van der Waals surface area contributed by atoms with E-state index >= 15 is 0 Å². The van der Waals surface area contributed by atoms with Crippen LogP contribution in [0, 0.1) is 0 Å².